The van der Waals surface area contributed by atoms with E-state index in [4.69, 9.17) is 4.42 Å². The van der Waals surface area contributed by atoms with Crippen LogP contribution in [-0.4, -0.2) is 28.1 Å². The second kappa shape index (κ2) is 9.29. The maximum absolute atomic E-state index is 12.6. The van der Waals surface area contributed by atoms with Gasteiger partial charge in [-0.25, -0.2) is 4.68 Å². The van der Waals surface area contributed by atoms with E-state index in [0.717, 1.165) is 16.3 Å². The maximum Gasteiger partial charge on any atom is 0.435 e. The zero-order chi connectivity index (χ0) is 21.6. The third kappa shape index (κ3) is 5.72. The molecule has 7 nitrogen and oxygen atoms in total. The topological polar surface area (TPSA) is 89.2 Å². The molecule has 158 valence electrons. The van der Waals surface area contributed by atoms with Crippen LogP contribution < -0.4 is 10.6 Å². The average Bonchev–Trinajstić information content (AvgIpc) is 3.42. The standard InChI is InChI=1S/C20H19F3N4O3/c21-20(22,23)17-9-11-27(26-17)15-7-5-14(6-8-15)13-25-18(28)4-1-10-24-19(29)16-3-2-12-30-16/h2-3,5-9,11-12H,1,4,10,13H2,(H,24,29)(H,25,28). The first-order valence-corrected chi connectivity index (χ1v) is 9.13. The van der Waals surface area contributed by atoms with E-state index in [0.29, 0.717) is 18.7 Å². The SMILES string of the molecule is O=C(CCCNC(=O)c1ccco1)NCc1ccc(-n2ccc(C(F)(F)F)n2)cc1. The average molecular weight is 420 g/mol. The van der Waals surface area contributed by atoms with Gasteiger partial charge in [0.1, 0.15) is 0 Å². The summed E-state index contributed by atoms with van der Waals surface area (Å²) in [5.41, 5.74) is 0.313. The number of carbonyl (C=O) groups is 2. The molecule has 0 aliphatic heterocycles. The first-order valence-electron chi connectivity index (χ1n) is 9.13. The highest BCUT2D eigenvalue weighted by molar-refractivity contribution is 5.91. The minimum absolute atomic E-state index is 0.173. The van der Waals surface area contributed by atoms with Gasteiger partial charge < -0.3 is 15.1 Å². The molecule has 2 aromatic heterocycles. The first-order chi connectivity index (χ1) is 14.3. The van der Waals surface area contributed by atoms with Gasteiger partial charge in [0.2, 0.25) is 5.91 Å². The summed E-state index contributed by atoms with van der Waals surface area (Å²) < 4.78 is 44.0. The van der Waals surface area contributed by atoms with Gasteiger partial charge in [-0.3, -0.25) is 9.59 Å². The summed E-state index contributed by atoms with van der Waals surface area (Å²) >= 11 is 0. The quantitative estimate of drug-likeness (QED) is 0.547. The van der Waals surface area contributed by atoms with Crippen molar-refractivity contribution in [2.24, 2.45) is 0 Å². The van der Waals surface area contributed by atoms with E-state index in [2.05, 4.69) is 15.7 Å². The lowest BCUT2D eigenvalue weighted by atomic mass is 10.2. The zero-order valence-electron chi connectivity index (χ0n) is 15.8. The molecule has 0 bridgehead atoms. The van der Waals surface area contributed by atoms with Crippen LogP contribution in [0.2, 0.25) is 0 Å². The molecule has 0 aliphatic carbocycles. The minimum atomic E-state index is -4.49. The van der Waals surface area contributed by atoms with Gasteiger partial charge in [0.05, 0.1) is 12.0 Å². The van der Waals surface area contributed by atoms with E-state index in [-0.39, 0.29) is 30.5 Å². The lowest BCUT2D eigenvalue weighted by Gasteiger charge is -2.07. The fourth-order valence-electron chi connectivity index (χ4n) is 2.62. The van der Waals surface area contributed by atoms with Crippen molar-refractivity contribution in [1.82, 2.24) is 20.4 Å². The summed E-state index contributed by atoms with van der Waals surface area (Å²) in [6.07, 6.45) is -1.13. The van der Waals surface area contributed by atoms with Gasteiger partial charge in [0.25, 0.3) is 5.91 Å². The van der Waals surface area contributed by atoms with Crippen LogP contribution in [0, 0.1) is 0 Å². The smallest absolute Gasteiger partial charge is 0.435 e. The van der Waals surface area contributed by atoms with Crippen molar-refractivity contribution in [2.45, 2.75) is 25.6 Å². The highest BCUT2D eigenvalue weighted by Gasteiger charge is 2.33. The second-order valence-corrected chi connectivity index (χ2v) is 6.42. The van der Waals surface area contributed by atoms with E-state index in [1.54, 1.807) is 36.4 Å². The Morgan fingerprint density at radius 2 is 1.83 bits per heavy atom. The van der Waals surface area contributed by atoms with Gasteiger partial charge in [0.15, 0.2) is 11.5 Å². The summed E-state index contributed by atoms with van der Waals surface area (Å²) in [6.45, 7) is 0.621. The summed E-state index contributed by atoms with van der Waals surface area (Å²) in [6, 6.07) is 10.7. The third-order valence-corrected chi connectivity index (χ3v) is 4.18. The van der Waals surface area contributed by atoms with E-state index < -0.39 is 11.9 Å². The van der Waals surface area contributed by atoms with Crippen LogP contribution in [0.15, 0.2) is 59.3 Å². The van der Waals surface area contributed by atoms with E-state index in [1.807, 2.05) is 0 Å². The van der Waals surface area contributed by atoms with Gasteiger partial charge in [-0.1, -0.05) is 12.1 Å². The molecule has 0 fully saturated rings. The summed E-state index contributed by atoms with van der Waals surface area (Å²) in [7, 11) is 0. The molecule has 2 N–H and O–H groups in total. The zero-order valence-corrected chi connectivity index (χ0v) is 15.8. The van der Waals surface area contributed by atoms with Crippen molar-refractivity contribution in [3.63, 3.8) is 0 Å². The number of aromatic nitrogens is 2. The Balaban J connectivity index is 1.40. The van der Waals surface area contributed by atoms with Crippen molar-refractivity contribution < 1.29 is 27.2 Å². The van der Waals surface area contributed by atoms with Crippen LogP contribution >= 0.6 is 0 Å². The summed E-state index contributed by atoms with van der Waals surface area (Å²) in [4.78, 5) is 23.6. The number of nitrogens with zero attached hydrogens (tertiary/aromatic N) is 2. The highest BCUT2D eigenvalue weighted by Crippen LogP contribution is 2.27. The largest absolute Gasteiger partial charge is 0.459 e. The molecule has 0 saturated carbocycles. The fraction of sp³-hybridized carbons (Fsp3) is 0.250. The number of carbonyl (C=O) groups excluding carboxylic acids is 2. The minimum Gasteiger partial charge on any atom is -0.459 e. The predicted octanol–water partition coefficient (Wildman–Crippen LogP) is 3.31. The predicted molar refractivity (Wildman–Crippen MR) is 101 cm³/mol. The van der Waals surface area contributed by atoms with Gasteiger partial charge in [0, 0.05) is 25.7 Å². The normalized spacial score (nSPS) is 11.3. The molecule has 30 heavy (non-hydrogen) atoms. The molecule has 2 amide bonds. The van der Waals surface area contributed by atoms with Gasteiger partial charge in [-0.05, 0) is 42.3 Å². The number of amides is 2. The van der Waals surface area contributed by atoms with Gasteiger partial charge in [-0.15, -0.1) is 0 Å². The molecule has 0 unspecified atom stereocenters. The Kier molecular flexibility index (Phi) is 6.55. The van der Waals surface area contributed by atoms with Crippen LogP contribution in [0.5, 0.6) is 0 Å². The fourth-order valence-corrected chi connectivity index (χ4v) is 2.62. The Morgan fingerprint density at radius 3 is 2.47 bits per heavy atom. The van der Waals surface area contributed by atoms with Crippen molar-refractivity contribution in [2.75, 3.05) is 6.54 Å². The number of rotatable bonds is 8. The molecule has 0 aliphatic rings. The third-order valence-electron chi connectivity index (χ3n) is 4.18. The molecule has 10 heteroatoms. The lowest BCUT2D eigenvalue weighted by molar-refractivity contribution is -0.141. The molecule has 0 saturated heterocycles. The Morgan fingerprint density at radius 1 is 1.07 bits per heavy atom. The number of nitrogens with one attached hydrogen (secondary N) is 2. The number of hydrogen-bond donors (Lipinski definition) is 2. The van der Waals surface area contributed by atoms with Crippen LogP contribution in [0.3, 0.4) is 0 Å². The second-order valence-electron chi connectivity index (χ2n) is 6.42. The van der Waals surface area contributed by atoms with Crippen LogP contribution in [0.4, 0.5) is 13.2 Å². The molecule has 3 aromatic rings. The molecule has 3 rings (SSSR count). The number of furan rings is 1. The Labute approximate surface area is 169 Å². The van der Waals surface area contributed by atoms with Crippen LogP contribution in [0.25, 0.3) is 5.69 Å². The Hall–Kier alpha value is -3.56. The molecule has 2 heterocycles. The van der Waals surface area contributed by atoms with Crippen molar-refractivity contribution in [3.05, 3.63) is 71.9 Å². The van der Waals surface area contributed by atoms with Crippen molar-refractivity contribution in [3.8, 4) is 5.69 Å². The maximum atomic E-state index is 12.6. The molecule has 1 aromatic carbocycles. The number of hydrogen-bond acceptors (Lipinski definition) is 4. The molecule has 0 spiro atoms. The number of benzene rings is 1. The monoisotopic (exact) mass is 420 g/mol. The molecule has 0 atom stereocenters. The lowest BCUT2D eigenvalue weighted by Crippen LogP contribution is -2.27. The van der Waals surface area contributed by atoms with Crippen LogP contribution in [-0.2, 0) is 17.5 Å². The highest BCUT2D eigenvalue weighted by atomic mass is 19.4. The molecular weight excluding hydrogens is 401 g/mol. The van der Waals surface area contributed by atoms with Gasteiger partial charge >= 0.3 is 6.18 Å². The summed E-state index contributed by atoms with van der Waals surface area (Å²) in [5, 5.41) is 8.92. The molecular formula is C20H19F3N4O3. The van der Waals surface area contributed by atoms with E-state index in [9.17, 15) is 22.8 Å². The molecule has 0 radical (unpaired) electrons. The number of alkyl halides is 3. The Bertz CT molecular complexity index is 980. The van der Waals surface area contributed by atoms with Crippen molar-refractivity contribution >= 4 is 11.8 Å². The summed E-state index contributed by atoms with van der Waals surface area (Å²) in [5.74, 6) is -0.291. The first kappa shape index (κ1) is 21.2. The number of halogens is 3. The van der Waals surface area contributed by atoms with E-state index >= 15 is 0 Å². The van der Waals surface area contributed by atoms with Gasteiger partial charge in [-0.2, -0.15) is 18.3 Å². The van der Waals surface area contributed by atoms with E-state index in [1.165, 1.54) is 12.5 Å². The van der Waals surface area contributed by atoms with Crippen LogP contribution in [0.1, 0.15) is 34.7 Å². The van der Waals surface area contributed by atoms with Crippen molar-refractivity contribution in [1.29, 1.82) is 0 Å².